The van der Waals surface area contributed by atoms with E-state index in [1.54, 1.807) is 7.05 Å². The molecule has 61 heavy (non-hydrogen) atoms. The molecule has 4 aromatic carbocycles. The van der Waals surface area contributed by atoms with Gasteiger partial charge in [-0.25, -0.2) is 42.1 Å². The normalized spacial score (nSPS) is 11.5. The van der Waals surface area contributed by atoms with Gasteiger partial charge in [0.15, 0.2) is 19.7 Å². The van der Waals surface area contributed by atoms with Crippen LogP contribution in [0.25, 0.3) is 10.8 Å². The minimum absolute atomic E-state index is 0. The zero-order valence-corrected chi connectivity index (χ0v) is 45.6. The molecular weight excluding hydrogens is 1010 g/mol. The number of anilines is 1. The van der Waals surface area contributed by atoms with Crippen LogP contribution >= 0.6 is 0 Å². The van der Waals surface area contributed by atoms with Gasteiger partial charge in [0.25, 0.3) is 0 Å². The number of hydrogen-bond donors (Lipinski definition) is 5. The van der Waals surface area contributed by atoms with E-state index in [1.807, 2.05) is 0 Å². The summed E-state index contributed by atoms with van der Waals surface area (Å²) in [5.41, 5.74) is -0.446. The smallest absolute Gasteiger partial charge is 0.744 e. The van der Waals surface area contributed by atoms with Crippen molar-refractivity contribution in [2.75, 3.05) is 31.0 Å². The van der Waals surface area contributed by atoms with Crippen molar-refractivity contribution in [3.05, 3.63) is 68.4 Å². The average molecular weight is 1040 g/mol. The molecule has 1 radical (unpaired) electrons. The van der Waals surface area contributed by atoms with Crippen LogP contribution in [0.15, 0.2) is 83.7 Å². The van der Waals surface area contributed by atoms with Gasteiger partial charge in [-0.05, 0) is 30.3 Å². The van der Waals surface area contributed by atoms with Crippen LogP contribution in [0, 0.1) is 19.9 Å². The van der Waals surface area contributed by atoms with E-state index < -0.39 is 89.1 Å². The molecule has 33 heteroatoms. The van der Waals surface area contributed by atoms with Crippen LogP contribution in [0.2, 0.25) is 0 Å². The van der Waals surface area contributed by atoms with Gasteiger partial charge in [-0.1, -0.05) is 28.3 Å². The van der Waals surface area contributed by atoms with E-state index in [-0.39, 0.29) is 174 Å². The predicted molar refractivity (Wildman–Crippen MR) is 191 cm³/mol. The van der Waals surface area contributed by atoms with Crippen LogP contribution in [0.4, 0.5) is 28.4 Å². The molecule has 319 valence electrons. The van der Waals surface area contributed by atoms with Crippen molar-refractivity contribution < 1.29 is 215 Å². The summed E-state index contributed by atoms with van der Waals surface area (Å²) in [7, 11) is -20.0. The largest absolute Gasteiger partial charge is 1.00 e. The van der Waals surface area contributed by atoms with Crippen LogP contribution < -0.4 is 128 Å². The fourth-order valence-electron chi connectivity index (χ4n) is 4.11. The Labute approximate surface area is 450 Å². The van der Waals surface area contributed by atoms with E-state index in [2.05, 4.69) is 45.7 Å². The number of aromatic hydroxyl groups is 2. The van der Waals surface area contributed by atoms with Crippen LogP contribution in [0.3, 0.4) is 0 Å². The molecule has 23 nitrogen and oxygen atoms in total. The zero-order valence-electron chi connectivity index (χ0n) is 32.6. The van der Waals surface area contributed by atoms with Crippen LogP contribution in [-0.2, 0) is 67.7 Å². The molecule has 0 atom stereocenters. The van der Waals surface area contributed by atoms with Gasteiger partial charge in [-0.2, -0.15) is 27.5 Å². The van der Waals surface area contributed by atoms with Gasteiger partial charge >= 0.3 is 118 Å². The first-order valence-corrected chi connectivity index (χ1v) is 21.6. The molecule has 0 saturated heterocycles. The van der Waals surface area contributed by atoms with E-state index in [0.717, 1.165) is 24.3 Å². The predicted octanol–water partition coefficient (Wildman–Crippen LogP) is -8.93. The molecule has 0 aliphatic carbocycles. The van der Waals surface area contributed by atoms with Gasteiger partial charge in [-0.15, -0.1) is 5.11 Å². The van der Waals surface area contributed by atoms with Gasteiger partial charge < -0.3 is 47.8 Å². The average Bonchev–Trinajstić information content (AvgIpc) is 3.08. The molecule has 4 aromatic rings. The molecule has 0 aromatic heterocycles. The summed E-state index contributed by atoms with van der Waals surface area (Å²) in [6.07, 6.45) is 0. The maximum Gasteiger partial charge on any atom is 1.00 e. The number of methoxy groups -OCH3 is 1. The Morgan fingerprint density at radius 3 is 1.67 bits per heavy atom. The third kappa shape index (κ3) is 21.2. The first kappa shape index (κ1) is 67.2. The van der Waals surface area contributed by atoms with Crippen LogP contribution in [0.5, 0.6) is 17.2 Å². The minimum Gasteiger partial charge on any atom is -0.744 e. The second kappa shape index (κ2) is 27.9. The Hall–Kier alpha value is -0.391. The summed E-state index contributed by atoms with van der Waals surface area (Å²) in [4.78, 5) is -1.62. The van der Waals surface area contributed by atoms with Crippen molar-refractivity contribution in [3.63, 3.8) is 0 Å². The molecule has 0 saturated carbocycles. The van der Waals surface area contributed by atoms with E-state index in [1.165, 1.54) is 25.3 Å². The molecule has 0 bridgehead atoms. The fraction of sp³-hybridized carbons (Fsp3) is 0.143. The molecule has 0 amide bonds. The van der Waals surface area contributed by atoms with Crippen LogP contribution in [0.1, 0.15) is 0 Å². The summed E-state index contributed by atoms with van der Waals surface area (Å²) in [6, 6.07) is 12.0. The zero-order chi connectivity index (χ0) is 43.0. The Balaban J connectivity index is -0.000000972. The van der Waals surface area contributed by atoms with Gasteiger partial charge in [0.2, 0.25) is 20.8 Å². The van der Waals surface area contributed by atoms with Crippen molar-refractivity contribution in [1.29, 1.82) is 0 Å². The third-order valence-electron chi connectivity index (χ3n) is 6.53. The molecule has 0 unspecified atom stereocenters. The number of rotatable bonds is 11. The SMILES string of the molecule is O=S(=O)([O-])O.O=S(=O)([O-])O.[CH2-]CS(=O)(=O)c1ccc(N=Nc2c(NC)ccc3c(O)c(N=Nc4cc(S(=O)(=O)C[CH2-])c(OC)cc4O)[c-]cc23)c(S(=O)(=O)[O-])c1.[Cu].[Na+].[Na+].[Na+].[Na+]. The Kier molecular flexibility index (Phi) is 30.8. The number of hydrogen-bond acceptors (Lipinski definition) is 21. The molecule has 0 fully saturated rings. The number of benzene rings is 4. The second-order valence-electron chi connectivity index (χ2n) is 10.1. The standard InChI is InChI=1S/C28H26N5O10S3.Cu.4Na.2H2O4S/c1-5-44(36,37)16-7-10-19(25(13-16)46(40,41)42)30-33-27-17-8-12-21(28(35)18(17)9-11-20(27)29-3)31-32-22-14-26(45(38,39)6-2)24(43-4)15-23(22)34;;;;;;2*1-5(2,3)4/h7-11,13-15,29,34-35H,1-2,5-6H2,3-4H3,(H,40,41,42);;;;;;2*(H2,1,2,3,4)/q-3;;4*+1;;/p-3. The number of phenolic OH excluding ortho intramolecular Hbond substituents is 2. The van der Waals surface area contributed by atoms with E-state index in [0.29, 0.717) is 11.8 Å². The van der Waals surface area contributed by atoms with E-state index >= 15 is 0 Å². The van der Waals surface area contributed by atoms with Crippen molar-refractivity contribution >= 4 is 89.8 Å². The van der Waals surface area contributed by atoms with Crippen molar-refractivity contribution in [3.8, 4) is 17.2 Å². The minimum atomic E-state index is -5.18. The van der Waals surface area contributed by atoms with Crippen LogP contribution in [-0.4, -0.2) is 101 Å². The summed E-state index contributed by atoms with van der Waals surface area (Å²) >= 11 is 0. The first-order valence-electron chi connectivity index (χ1n) is 14.2. The van der Waals surface area contributed by atoms with Gasteiger partial charge in [0.05, 0.1) is 22.6 Å². The van der Waals surface area contributed by atoms with E-state index in [4.69, 9.17) is 39.8 Å². The van der Waals surface area contributed by atoms with Gasteiger partial charge in [-0.3, -0.25) is 9.11 Å². The Morgan fingerprint density at radius 2 is 1.21 bits per heavy atom. The molecule has 4 rings (SSSR count). The topological polar surface area (TPSA) is 392 Å². The fourth-order valence-corrected chi connectivity index (χ4v) is 6.59. The van der Waals surface area contributed by atoms with Crippen molar-refractivity contribution in [2.24, 2.45) is 20.5 Å². The summed E-state index contributed by atoms with van der Waals surface area (Å²) in [5, 5.41) is 40.4. The molecule has 5 N–H and O–H groups in total. The van der Waals surface area contributed by atoms with Crippen molar-refractivity contribution in [2.45, 2.75) is 14.7 Å². The van der Waals surface area contributed by atoms with Gasteiger partial charge in [0, 0.05) is 47.3 Å². The van der Waals surface area contributed by atoms with Gasteiger partial charge in [0.1, 0.15) is 37.9 Å². The Bertz CT molecular complexity index is 2720. The molecular formula is C28H27CuN5Na4O18S5-2. The number of azo groups is 2. The quantitative estimate of drug-likeness (QED) is 0.0306. The molecule has 0 aliphatic heterocycles. The molecule has 0 spiro atoms. The maximum atomic E-state index is 12.4. The first-order chi connectivity index (χ1) is 25.6. The number of ether oxygens (including phenoxy) is 1. The molecule has 0 aliphatic rings. The maximum absolute atomic E-state index is 12.4. The number of phenols is 2. The second-order valence-corrected chi connectivity index (χ2v) is 17.4. The van der Waals surface area contributed by atoms with E-state index in [9.17, 15) is 40.0 Å². The molecule has 0 heterocycles. The van der Waals surface area contributed by atoms with Crippen molar-refractivity contribution in [1.82, 2.24) is 0 Å². The summed E-state index contributed by atoms with van der Waals surface area (Å²) in [6.45, 7) is 6.69. The number of sulfone groups is 2. The Morgan fingerprint density at radius 1 is 0.705 bits per heavy atom. The number of fused-ring (bicyclic) bond motifs is 1. The number of nitrogens with zero attached hydrogens (tertiary/aromatic N) is 4. The number of nitrogens with one attached hydrogen (secondary N) is 1. The summed E-state index contributed by atoms with van der Waals surface area (Å²) < 4.78 is 156. The monoisotopic (exact) mass is 1040 g/mol. The third-order valence-corrected chi connectivity index (χ3v) is 10.4. The summed E-state index contributed by atoms with van der Waals surface area (Å²) in [5.74, 6) is -2.08.